The molecule has 2 N–H and O–H groups in total. The molecule has 5 rings (SSSR count). The first-order valence-corrected chi connectivity index (χ1v) is 11.7. The third-order valence-electron chi connectivity index (χ3n) is 6.72. The maximum absolute atomic E-state index is 13.2. The van der Waals surface area contributed by atoms with E-state index in [1.807, 2.05) is 42.6 Å². The Bertz CT molecular complexity index is 1150. The second-order valence-electron chi connectivity index (χ2n) is 8.96. The molecule has 178 valence electrons. The van der Waals surface area contributed by atoms with Gasteiger partial charge in [-0.15, -0.1) is 0 Å². The number of hydrogen-bond acceptors (Lipinski definition) is 6. The van der Waals surface area contributed by atoms with Crippen molar-refractivity contribution in [1.29, 1.82) is 0 Å². The normalized spacial score (nSPS) is 19.8. The Morgan fingerprint density at radius 1 is 1.26 bits per heavy atom. The second-order valence-corrected chi connectivity index (χ2v) is 8.96. The quantitative estimate of drug-likeness (QED) is 0.556. The number of carbonyl (C=O) groups excluding carboxylic acids is 1. The minimum absolute atomic E-state index is 0.0904. The van der Waals surface area contributed by atoms with Crippen LogP contribution in [0.4, 0.5) is 5.69 Å². The molecule has 0 unspecified atom stereocenters. The van der Waals surface area contributed by atoms with Crippen LogP contribution < -0.4 is 19.5 Å². The lowest BCUT2D eigenvalue weighted by Crippen LogP contribution is -2.33. The molecule has 1 amide bonds. The van der Waals surface area contributed by atoms with Gasteiger partial charge in [-0.1, -0.05) is 6.07 Å². The van der Waals surface area contributed by atoms with Crippen LogP contribution in [0.5, 0.6) is 17.2 Å². The number of likely N-dealkylation sites (tertiary alicyclic amines) is 1. The summed E-state index contributed by atoms with van der Waals surface area (Å²) in [5.41, 5.74) is 3.58. The molecule has 0 aliphatic carbocycles. The standard InChI is InChI=1S/C26H30N4O4/c1-30-9-3-4-21(30)16-34-25-12-17(20-13-27-28-14-20)5-7-23(25)29-26(31)19-10-18-11-22(32-2)6-8-24(18)33-15-19/h5-8,11-14,19,21H,3-4,9-10,15-16H2,1-2H3,(H,27,28)(H,29,31)/t19-,21-/m0/s1. The van der Waals surface area contributed by atoms with E-state index in [0.717, 1.165) is 41.2 Å². The van der Waals surface area contributed by atoms with Crippen molar-refractivity contribution >= 4 is 11.6 Å². The lowest BCUT2D eigenvalue weighted by Gasteiger charge is -2.26. The summed E-state index contributed by atoms with van der Waals surface area (Å²) in [6.07, 6.45) is 6.49. The fourth-order valence-electron chi connectivity index (χ4n) is 4.61. The zero-order chi connectivity index (χ0) is 23.5. The highest BCUT2D eigenvalue weighted by molar-refractivity contribution is 5.95. The fourth-order valence-corrected chi connectivity index (χ4v) is 4.61. The average molecular weight is 463 g/mol. The van der Waals surface area contributed by atoms with E-state index < -0.39 is 0 Å². The number of nitrogens with zero attached hydrogens (tertiary/aromatic N) is 2. The largest absolute Gasteiger partial charge is 0.497 e. The van der Waals surface area contributed by atoms with E-state index in [-0.39, 0.29) is 11.8 Å². The number of rotatable bonds is 7. The summed E-state index contributed by atoms with van der Waals surface area (Å²) in [4.78, 5) is 15.5. The Labute approximate surface area is 199 Å². The van der Waals surface area contributed by atoms with Crippen LogP contribution in [-0.2, 0) is 11.2 Å². The van der Waals surface area contributed by atoms with Crippen molar-refractivity contribution in [2.24, 2.45) is 5.92 Å². The van der Waals surface area contributed by atoms with Crippen molar-refractivity contribution in [2.75, 3.05) is 39.2 Å². The molecule has 3 heterocycles. The van der Waals surface area contributed by atoms with Gasteiger partial charge < -0.3 is 24.4 Å². The molecule has 2 aromatic carbocycles. The zero-order valence-corrected chi connectivity index (χ0v) is 19.5. The Hall–Kier alpha value is -3.52. The van der Waals surface area contributed by atoms with Gasteiger partial charge in [0.25, 0.3) is 0 Å². The molecule has 0 radical (unpaired) electrons. The molecule has 0 saturated carbocycles. The van der Waals surface area contributed by atoms with Crippen LogP contribution in [0.15, 0.2) is 48.8 Å². The van der Waals surface area contributed by atoms with Crippen LogP contribution in [0, 0.1) is 5.92 Å². The van der Waals surface area contributed by atoms with Crippen molar-refractivity contribution in [3.05, 3.63) is 54.4 Å². The van der Waals surface area contributed by atoms with Gasteiger partial charge in [0, 0.05) is 17.8 Å². The molecule has 1 saturated heterocycles. The van der Waals surface area contributed by atoms with Crippen molar-refractivity contribution in [2.45, 2.75) is 25.3 Å². The molecule has 2 aliphatic rings. The van der Waals surface area contributed by atoms with Gasteiger partial charge in [-0.05, 0) is 74.3 Å². The number of H-pyrrole nitrogens is 1. The second kappa shape index (κ2) is 9.77. The highest BCUT2D eigenvalue weighted by atomic mass is 16.5. The number of benzene rings is 2. The number of hydrogen-bond donors (Lipinski definition) is 2. The van der Waals surface area contributed by atoms with E-state index in [1.165, 1.54) is 6.42 Å². The predicted octanol–water partition coefficient (Wildman–Crippen LogP) is 3.75. The Morgan fingerprint density at radius 2 is 2.18 bits per heavy atom. The van der Waals surface area contributed by atoms with Gasteiger partial charge in [0.05, 0.1) is 24.9 Å². The number of ether oxygens (including phenoxy) is 3. The van der Waals surface area contributed by atoms with E-state index in [4.69, 9.17) is 14.2 Å². The van der Waals surface area contributed by atoms with Crippen molar-refractivity contribution in [1.82, 2.24) is 15.1 Å². The van der Waals surface area contributed by atoms with E-state index in [9.17, 15) is 4.79 Å². The molecule has 3 aromatic rings. The highest BCUT2D eigenvalue weighted by Gasteiger charge is 2.28. The topological polar surface area (TPSA) is 88.7 Å². The summed E-state index contributed by atoms with van der Waals surface area (Å²) >= 11 is 0. The van der Waals surface area contributed by atoms with E-state index >= 15 is 0 Å². The summed E-state index contributed by atoms with van der Waals surface area (Å²) in [6.45, 7) is 2.00. The van der Waals surface area contributed by atoms with Crippen molar-refractivity contribution in [3.8, 4) is 28.4 Å². The van der Waals surface area contributed by atoms with Crippen LogP contribution in [0.3, 0.4) is 0 Å². The van der Waals surface area contributed by atoms with Crippen LogP contribution in [0.1, 0.15) is 18.4 Å². The van der Waals surface area contributed by atoms with Crippen molar-refractivity contribution < 1.29 is 19.0 Å². The molecule has 0 bridgehead atoms. The highest BCUT2D eigenvalue weighted by Crippen LogP contribution is 2.34. The summed E-state index contributed by atoms with van der Waals surface area (Å²) in [6, 6.07) is 11.9. The number of nitrogens with one attached hydrogen (secondary N) is 2. The molecule has 2 atom stereocenters. The number of carbonyl (C=O) groups is 1. The number of aromatic amines is 1. The van der Waals surface area contributed by atoms with Gasteiger partial charge in [-0.3, -0.25) is 9.89 Å². The molecule has 34 heavy (non-hydrogen) atoms. The zero-order valence-electron chi connectivity index (χ0n) is 19.5. The summed E-state index contributed by atoms with van der Waals surface area (Å²) in [5.74, 6) is 1.82. The lowest BCUT2D eigenvalue weighted by atomic mass is 9.95. The Kier molecular flexibility index (Phi) is 6.40. The van der Waals surface area contributed by atoms with Crippen LogP contribution >= 0.6 is 0 Å². The smallest absolute Gasteiger partial charge is 0.231 e. The van der Waals surface area contributed by atoms with Gasteiger partial charge in [-0.25, -0.2) is 0 Å². The minimum atomic E-state index is -0.304. The first kappa shape index (κ1) is 22.3. The first-order valence-electron chi connectivity index (χ1n) is 11.7. The average Bonchev–Trinajstić information content (AvgIpc) is 3.54. The number of amides is 1. The number of fused-ring (bicyclic) bond motifs is 1. The molecule has 0 spiro atoms. The lowest BCUT2D eigenvalue weighted by molar-refractivity contribution is -0.121. The Balaban J connectivity index is 1.33. The summed E-state index contributed by atoms with van der Waals surface area (Å²) < 4.78 is 17.4. The van der Waals surface area contributed by atoms with Crippen molar-refractivity contribution in [3.63, 3.8) is 0 Å². The third-order valence-corrected chi connectivity index (χ3v) is 6.72. The van der Waals surface area contributed by atoms with Gasteiger partial charge in [0.2, 0.25) is 5.91 Å². The van der Waals surface area contributed by atoms with E-state index in [1.54, 1.807) is 13.3 Å². The SMILES string of the molecule is COc1ccc2c(c1)C[C@H](C(=O)Nc1ccc(-c3cn[nH]c3)cc1OC[C@@H]1CCCN1C)CO2. The third kappa shape index (κ3) is 4.72. The Morgan fingerprint density at radius 3 is 2.94 bits per heavy atom. The molecule has 1 fully saturated rings. The van der Waals surface area contributed by atoms with Gasteiger partial charge >= 0.3 is 0 Å². The van der Waals surface area contributed by atoms with Gasteiger partial charge in [0.15, 0.2) is 0 Å². The van der Waals surface area contributed by atoms with E-state index in [0.29, 0.717) is 37.1 Å². The number of methoxy groups -OCH3 is 1. The fraction of sp³-hybridized carbons (Fsp3) is 0.385. The van der Waals surface area contributed by atoms with Crippen LogP contribution in [-0.4, -0.2) is 61.0 Å². The summed E-state index contributed by atoms with van der Waals surface area (Å²) in [5, 5.41) is 9.98. The van der Waals surface area contributed by atoms with Gasteiger partial charge in [0.1, 0.15) is 30.5 Å². The van der Waals surface area contributed by atoms with Gasteiger partial charge in [-0.2, -0.15) is 5.10 Å². The predicted molar refractivity (Wildman–Crippen MR) is 129 cm³/mol. The molecule has 1 aromatic heterocycles. The first-order chi connectivity index (χ1) is 16.6. The number of aromatic nitrogens is 2. The van der Waals surface area contributed by atoms with Crippen LogP contribution in [0.2, 0.25) is 0 Å². The maximum Gasteiger partial charge on any atom is 0.231 e. The molecular weight excluding hydrogens is 432 g/mol. The van der Waals surface area contributed by atoms with Crippen LogP contribution in [0.25, 0.3) is 11.1 Å². The summed E-state index contributed by atoms with van der Waals surface area (Å²) in [7, 11) is 3.76. The number of anilines is 1. The molecule has 2 aliphatic heterocycles. The minimum Gasteiger partial charge on any atom is -0.497 e. The van der Waals surface area contributed by atoms with E-state index in [2.05, 4.69) is 27.5 Å². The molecular formula is C26H30N4O4. The monoisotopic (exact) mass is 462 g/mol. The maximum atomic E-state index is 13.2. The molecule has 8 nitrogen and oxygen atoms in total. The number of likely N-dealkylation sites (N-methyl/N-ethyl adjacent to an activating group) is 1. The molecule has 8 heteroatoms.